The van der Waals surface area contributed by atoms with Crippen LogP contribution in [0.2, 0.25) is 0 Å². The van der Waals surface area contributed by atoms with E-state index in [0.717, 1.165) is 27.0 Å². The minimum Gasteiger partial charge on any atom is -0.360 e. The second-order valence-electron chi connectivity index (χ2n) is 10.3. The van der Waals surface area contributed by atoms with E-state index in [-0.39, 0.29) is 12.3 Å². The number of benzene rings is 1. The number of thiophene rings is 1. The Balaban J connectivity index is 1.84. The summed E-state index contributed by atoms with van der Waals surface area (Å²) in [5, 5.41) is 3.70. The van der Waals surface area contributed by atoms with E-state index in [4.69, 9.17) is 9.72 Å². The van der Waals surface area contributed by atoms with Gasteiger partial charge in [-0.3, -0.25) is 23.5 Å². The third kappa shape index (κ3) is 4.80. The van der Waals surface area contributed by atoms with Gasteiger partial charge < -0.3 is 4.74 Å². The molecule has 0 saturated carbocycles. The molecule has 4 rings (SSSR count). The maximum atomic E-state index is 13.6. The van der Waals surface area contributed by atoms with Gasteiger partial charge in [0.2, 0.25) is 0 Å². The van der Waals surface area contributed by atoms with Crippen molar-refractivity contribution >= 4 is 47.6 Å². The fourth-order valence-corrected chi connectivity index (χ4v) is 5.13. The zero-order chi connectivity index (χ0) is 23.1. The molecule has 0 fully saturated rings. The van der Waals surface area contributed by atoms with Crippen molar-refractivity contribution in [3.8, 4) is 11.5 Å². The minimum atomic E-state index is -1.69. The van der Waals surface area contributed by atoms with Gasteiger partial charge in [-0.2, -0.15) is 0 Å². The lowest BCUT2D eigenvalue weighted by molar-refractivity contribution is 0.0879. The van der Waals surface area contributed by atoms with Gasteiger partial charge in [-0.25, -0.2) is 4.98 Å². The van der Waals surface area contributed by atoms with Crippen LogP contribution in [-0.4, -0.2) is 51.9 Å². The zero-order valence-electron chi connectivity index (χ0n) is 19.4. The normalized spacial score (nSPS) is 13.3. The van der Waals surface area contributed by atoms with Gasteiger partial charge in [0.05, 0.1) is 22.2 Å². The Labute approximate surface area is 193 Å². The summed E-state index contributed by atoms with van der Waals surface area (Å²) in [4.78, 5) is 23.1. The molecule has 7 heteroatoms. The molecule has 0 amide bonds. The maximum absolute atomic E-state index is 13.6. The SMILES string of the molecule is C=Cc1cc(C)c2nc(-c3cc4ccsc4cn3)n(COCC[SH](C)(C)(C)C)c(=O)c2c1. The zero-order valence-corrected chi connectivity index (χ0v) is 21.1. The van der Waals surface area contributed by atoms with Crippen molar-refractivity contribution in [3.05, 3.63) is 63.9 Å². The Bertz CT molecular complexity index is 1380. The molecule has 170 valence electrons. The minimum absolute atomic E-state index is 0.123. The molecule has 32 heavy (non-hydrogen) atoms. The van der Waals surface area contributed by atoms with E-state index in [0.29, 0.717) is 29.0 Å². The molecule has 0 N–H and O–H groups in total. The molecule has 0 spiro atoms. The van der Waals surface area contributed by atoms with Crippen molar-refractivity contribution in [1.29, 1.82) is 0 Å². The highest BCUT2D eigenvalue weighted by Gasteiger charge is 2.19. The summed E-state index contributed by atoms with van der Waals surface area (Å²) < 4.78 is 8.74. The van der Waals surface area contributed by atoms with E-state index >= 15 is 0 Å². The molecule has 0 aliphatic heterocycles. The predicted octanol–water partition coefficient (Wildman–Crippen LogP) is 5.19. The van der Waals surface area contributed by atoms with Gasteiger partial charge in [0.15, 0.2) is 5.82 Å². The lowest BCUT2D eigenvalue weighted by Crippen LogP contribution is -2.27. The van der Waals surface area contributed by atoms with Gasteiger partial charge in [-0.05, 0) is 83.9 Å². The van der Waals surface area contributed by atoms with Crippen LogP contribution in [-0.2, 0) is 11.5 Å². The average molecular weight is 470 g/mol. The summed E-state index contributed by atoms with van der Waals surface area (Å²) >= 11 is 1.64. The van der Waals surface area contributed by atoms with Gasteiger partial charge in [-0.15, -0.1) is 11.3 Å². The molecule has 0 saturated heterocycles. The van der Waals surface area contributed by atoms with Crippen LogP contribution in [0.4, 0.5) is 0 Å². The highest BCUT2D eigenvalue weighted by molar-refractivity contribution is 8.47. The highest BCUT2D eigenvalue weighted by atomic mass is 32.3. The van der Waals surface area contributed by atoms with Gasteiger partial charge in [-0.1, -0.05) is 12.7 Å². The molecule has 4 aromatic rings. The van der Waals surface area contributed by atoms with Gasteiger partial charge in [0.25, 0.3) is 5.56 Å². The molecule has 0 atom stereocenters. The van der Waals surface area contributed by atoms with Crippen LogP contribution in [0.5, 0.6) is 0 Å². The van der Waals surface area contributed by atoms with Crippen molar-refractivity contribution in [2.75, 3.05) is 37.4 Å². The van der Waals surface area contributed by atoms with E-state index in [9.17, 15) is 4.79 Å². The van der Waals surface area contributed by atoms with Gasteiger partial charge >= 0.3 is 0 Å². The number of nitrogens with zero attached hydrogens (tertiary/aromatic N) is 3. The largest absolute Gasteiger partial charge is 0.360 e. The second-order valence-corrected chi connectivity index (χ2v) is 19.6. The van der Waals surface area contributed by atoms with Crippen LogP contribution in [0.1, 0.15) is 11.1 Å². The van der Waals surface area contributed by atoms with Crippen molar-refractivity contribution in [2.24, 2.45) is 0 Å². The molecule has 0 aliphatic rings. The Morgan fingerprint density at radius 2 is 2.00 bits per heavy atom. The molecular weight excluding hydrogens is 438 g/mol. The van der Waals surface area contributed by atoms with E-state index in [1.54, 1.807) is 22.0 Å². The van der Waals surface area contributed by atoms with E-state index in [1.807, 2.05) is 36.7 Å². The van der Waals surface area contributed by atoms with Gasteiger partial charge in [0.1, 0.15) is 12.4 Å². The molecule has 3 heterocycles. The predicted molar refractivity (Wildman–Crippen MR) is 143 cm³/mol. The van der Waals surface area contributed by atoms with Crippen LogP contribution < -0.4 is 5.56 Å². The first kappa shape index (κ1) is 22.7. The molecule has 1 aromatic carbocycles. The van der Waals surface area contributed by atoms with E-state index in [2.05, 4.69) is 42.7 Å². The molecule has 0 unspecified atom stereocenters. The number of aryl methyl sites for hydroxylation is 1. The van der Waals surface area contributed by atoms with Gasteiger partial charge in [0, 0.05) is 6.20 Å². The van der Waals surface area contributed by atoms with E-state index < -0.39 is 9.16 Å². The number of hydrogen-bond donors (Lipinski definition) is 1. The number of rotatable bonds is 7. The first-order valence-corrected chi connectivity index (χ1v) is 15.7. The van der Waals surface area contributed by atoms with E-state index in [1.165, 1.54) is 0 Å². The smallest absolute Gasteiger partial charge is 0.263 e. The molecule has 0 aliphatic carbocycles. The fourth-order valence-electron chi connectivity index (χ4n) is 3.54. The summed E-state index contributed by atoms with van der Waals surface area (Å²) in [7, 11) is -1.69. The summed E-state index contributed by atoms with van der Waals surface area (Å²) in [5.41, 5.74) is 3.07. The first-order valence-electron chi connectivity index (χ1n) is 10.6. The Morgan fingerprint density at radius 1 is 1.22 bits per heavy atom. The maximum Gasteiger partial charge on any atom is 0.263 e. The van der Waals surface area contributed by atoms with Crippen LogP contribution in [0.25, 0.3) is 38.6 Å². The number of ether oxygens (including phenoxy) is 1. The number of thiol groups is 1. The third-order valence-corrected chi connectivity index (χ3v) is 8.27. The standard InChI is InChI=1S/C25H31N3O2S2/c1-7-18-12-17(2)23-20(13-18)25(29)28(16-30-9-11-32(3,4,5)6)24(27-23)21-14-19-8-10-31-22(19)15-26-21/h7-8,10,12-15,32H,1,9,11,16H2,2-6H3. The van der Waals surface area contributed by atoms with Crippen molar-refractivity contribution in [3.63, 3.8) is 0 Å². The third-order valence-electron chi connectivity index (χ3n) is 5.43. The fraction of sp³-hybridized carbons (Fsp3) is 0.320. The topological polar surface area (TPSA) is 57.0 Å². The molecule has 5 nitrogen and oxygen atoms in total. The lowest BCUT2D eigenvalue weighted by Gasteiger charge is -2.46. The number of aromatic nitrogens is 3. The summed E-state index contributed by atoms with van der Waals surface area (Å²) in [6.45, 7) is 6.56. The second kappa shape index (κ2) is 8.14. The number of pyridine rings is 1. The molecule has 3 aromatic heterocycles. The lowest BCUT2D eigenvalue weighted by atomic mass is 10.1. The quantitative estimate of drug-likeness (QED) is 0.299. The monoisotopic (exact) mass is 469 g/mol. The summed E-state index contributed by atoms with van der Waals surface area (Å²) in [6.07, 6.45) is 12.9. The Morgan fingerprint density at radius 3 is 2.72 bits per heavy atom. The van der Waals surface area contributed by atoms with Crippen molar-refractivity contribution in [1.82, 2.24) is 14.5 Å². The number of hydrogen-bond acceptors (Lipinski definition) is 5. The summed E-state index contributed by atoms with van der Waals surface area (Å²) in [5.74, 6) is 1.53. The first-order chi connectivity index (χ1) is 15.0. The van der Waals surface area contributed by atoms with Crippen LogP contribution in [0.15, 0.2) is 47.2 Å². The van der Waals surface area contributed by atoms with Crippen molar-refractivity contribution < 1.29 is 4.74 Å². The summed E-state index contributed by atoms with van der Waals surface area (Å²) in [6, 6.07) is 7.90. The Hall–Kier alpha value is -2.48. The van der Waals surface area contributed by atoms with Crippen LogP contribution >= 0.6 is 20.5 Å². The highest BCUT2D eigenvalue weighted by Crippen LogP contribution is 2.54. The molecular formula is C25H31N3O2S2. The van der Waals surface area contributed by atoms with Crippen LogP contribution in [0.3, 0.4) is 0 Å². The molecule has 0 bridgehead atoms. The van der Waals surface area contributed by atoms with Crippen LogP contribution in [0, 0.1) is 6.92 Å². The Kier molecular flexibility index (Phi) is 5.77. The molecule has 0 radical (unpaired) electrons. The number of fused-ring (bicyclic) bond motifs is 2. The van der Waals surface area contributed by atoms with Crippen molar-refractivity contribution in [2.45, 2.75) is 13.7 Å². The average Bonchev–Trinajstić information content (AvgIpc) is 3.19.